The van der Waals surface area contributed by atoms with Gasteiger partial charge in [-0.1, -0.05) is 5.92 Å². The van der Waals surface area contributed by atoms with Crippen LogP contribution >= 0.6 is 12.4 Å². The summed E-state index contributed by atoms with van der Waals surface area (Å²) in [5, 5.41) is 0. The number of anilines is 1. The lowest BCUT2D eigenvalue weighted by molar-refractivity contribution is 0.370. The van der Waals surface area contributed by atoms with Gasteiger partial charge in [-0.15, -0.1) is 18.8 Å². The van der Waals surface area contributed by atoms with E-state index in [9.17, 15) is 0 Å². The molecule has 2 rings (SSSR count). The molecule has 0 saturated heterocycles. The number of hydrogen-bond donors (Lipinski definition) is 2. The minimum absolute atomic E-state index is 0. The molecule has 1 heterocycles. The third kappa shape index (κ3) is 3.58. The highest BCUT2D eigenvalue weighted by molar-refractivity contribution is 6.05. The lowest BCUT2D eigenvalue weighted by Crippen LogP contribution is -2.54. The van der Waals surface area contributed by atoms with Crippen LogP contribution in [-0.2, 0) is 0 Å². The van der Waals surface area contributed by atoms with Crippen LogP contribution < -0.4 is 21.1 Å². The van der Waals surface area contributed by atoms with Gasteiger partial charge in [-0.25, -0.2) is 4.99 Å². The molecule has 0 fully saturated rings. The van der Waals surface area contributed by atoms with Gasteiger partial charge in [-0.2, -0.15) is 4.99 Å². The lowest BCUT2D eigenvalue weighted by Gasteiger charge is -2.38. The van der Waals surface area contributed by atoms with Crippen molar-refractivity contribution >= 4 is 30.0 Å². The smallest absolute Gasteiger partial charge is 0.220 e. The van der Waals surface area contributed by atoms with Gasteiger partial charge in [0, 0.05) is 5.69 Å². The topological polar surface area (TPSA) is 89.2 Å². The zero-order chi connectivity index (χ0) is 14.8. The highest BCUT2D eigenvalue weighted by Gasteiger charge is 2.32. The van der Waals surface area contributed by atoms with Crippen molar-refractivity contribution < 1.29 is 4.74 Å². The molecule has 4 N–H and O–H groups in total. The van der Waals surface area contributed by atoms with Crippen LogP contribution in [0.2, 0.25) is 0 Å². The van der Waals surface area contributed by atoms with E-state index in [0.29, 0.717) is 11.7 Å². The van der Waals surface area contributed by atoms with Crippen LogP contribution in [0.3, 0.4) is 0 Å². The van der Waals surface area contributed by atoms with E-state index in [0.717, 1.165) is 5.69 Å². The number of aliphatic imine (C=N–C) groups is 2. The van der Waals surface area contributed by atoms with Gasteiger partial charge in [0.05, 0.1) is 0 Å². The molecule has 0 saturated carbocycles. The molecule has 7 heteroatoms. The number of guanidine groups is 2. The fourth-order valence-corrected chi connectivity index (χ4v) is 2.07. The molecule has 1 aliphatic rings. The monoisotopic (exact) mass is 307 g/mol. The summed E-state index contributed by atoms with van der Waals surface area (Å²) in [6.45, 7) is 4.05. The second kappa shape index (κ2) is 6.37. The summed E-state index contributed by atoms with van der Waals surface area (Å²) in [5.41, 5.74) is 11.8. The summed E-state index contributed by atoms with van der Waals surface area (Å²) < 4.78 is 5.33. The number of rotatable bonds is 3. The first-order chi connectivity index (χ1) is 9.44. The molecule has 0 bridgehead atoms. The molecule has 1 aromatic carbocycles. The van der Waals surface area contributed by atoms with Gasteiger partial charge in [-0.05, 0) is 38.1 Å². The third-order valence-corrected chi connectivity index (χ3v) is 2.81. The molecule has 0 unspecified atom stereocenters. The Morgan fingerprint density at radius 3 is 2.43 bits per heavy atom. The largest absolute Gasteiger partial charge is 0.481 e. The van der Waals surface area contributed by atoms with Crippen molar-refractivity contribution in [3.05, 3.63) is 24.3 Å². The van der Waals surface area contributed by atoms with E-state index in [-0.39, 0.29) is 25.0 Å². The van der Waals surface area contributed by atoms with Gasteiger partial charge in [0.15, 0.2) is 0 Å². The molecule has 0 atom stereocenters. The molecule has 21 heavy (non-hydrogen) atoms. The summed E-state index contributed by atoms with van der Waals surface area (Å²) in [6.07, 6.45) is 5.15. The van der Waals surface area contributed by atoms with Crippen molar-refractivity contribution in [1.82, 2.24) is 0 Å². The van der Waals surface area contributed by atoms with E-state index in [1.54, 1.807) is 4.90 Å². The minimum atomic E-state index is -0.600. The van der Waals surface area contributed by atoms with Crippen molar-refractivity contribution in [1.29, 1.82) is 0 Å². The Morgan fingerprint density at radius 2 is 1.90 bits per heavy atom. The molecule has 1 aliphatic heterocycles. The first-order valence-corrected chi connectivity index (χ1v) is 6.10. The zero-order valence-corrected chi connectivity index (χ0v) is 12.7. The van der Waals surface area contributed by atoms with Crippen LogP contribution in [0.5, 0.6) is 5.75 Å². The second-order valence-corrected chi connectivity index (χ2v) is 4.76. The quantitative estimate of drug-likeness (QED) is 0.824. The lowest BCUT2D eigenvalue weighted by atomic mass is 10.1. The van der Waals surface area contributed by atoms with E-state index in [2.05, 4.69) is 15.9 Å². The van der Waals surface area contributed by atoms with Gasteiger partial charge in [0.1, 0.15) is 18.0 Å². The number of benzene rings is 1. The van der Waals surface area contributed by atoms with E-state index in [4.69, 9.17) is 22.6 Å². The van der Waals surface area contributed by atoms with E-state index in [1.807, 2.05) is 38.1 Å². The van der Waals surface area contributed by atoms with Crippen LogP contribution in [0.4, 0.5) is 5.69 Å². The van der Waals surface area contributed by atoms with Crippen molar-refractivity contribution in [3.8, 4) is 18.1 Å². The molecule has 6 nitrogen and oxygen atoms in total. The Kier molecular flexibility index (Phi) is 5.06. The molecule has 112 valence electrons. The van der Waals surface area contributed by atoms with E-state index >= 15 is 0 Å². The number of hydrogen-bond acceptors (Lipinski definition) is 6. The average molecular weight is 308 g/mol. The molecule has 0 radical (unpaired) electrons. The van der Waals surface area contributed by atoms with Crippen molar-refractivity contribution in [3.63, 3.8) is 0 Å². The predicted octanol–water partition coefficient (Wildman–Crippen LogP) is 1.31. The van der Waals surface area contributed by atoms with Gasteiger partial charge >= 0.3 is 0 Å². The minimum Gasteiger partial charge on any atom is -0.481 e. The van der Waals surface area contributed by atoms with Crippen molar-refractivity contribution in [2.24, 2.45) is 21.5 Å². The van der Waals surface area contributed by atoms with Gasteiger partial charge < -0.3 is 16.2 Å². The summed E-state index contributed by atoms with van der Waals surface area (Å²) in [6, 6.07) is 7.37. The molecule has 0 aliphatic carbocycles. The summed E-state index contributed by atoms with van der Waals surface area (Å²) >= 11 is 0. The first kappa shape index (κ1) is 16.7. The average Bonchev–Trinajstić information content (AvgIpc) is 2.35. The Labute approximate surface area is 130 Å². The Bertz CT molecular complexity index is 601. The fraction of sp³-hybridized carbons (Fsp3) is 0.286. The number of nitrogens with zero attached hydrogens (tertiary/aromatic N) is 3. The summed E-state index contributed by atoms with van der Waals surface area (Å²) in [5.74, 6) is 3.59. The normalized spacial score (nSPS) is 16.1. The van der Waals surface area contributed by atoms with E-state index < -0.39 is 5.66 Å². The maximum Gasteiger partial charge on any atom is 0.220 e. The fourth-order valence-electron chi connectivity index (χ4n) is 2.07. The number of terminal acetylenes is 1. The maximum absolute atomic E-state index is 5.95. The first-order valence-electron chi connectivity index (χ1n) is 6.10. The molecule has 1 aromatic rings. The molecule has 0 amide bonds. The Balaban J connectivity index is 0.00000220. The van der Waals surface area contributed by atoms with Gasteiger partial charge in [-0.3, -0.25) is 4.90 Å². The third-order valence-electron chi connectivity index (χ3n) is 2.81. The highest BCUT2D eigenvalue weighted by atomic mass is 35.5. The van der Waals surface area contributed by atoms with Crippen LogP contribution in [0.15, 0.2) is 34.3 Å². The summed E-state index contributed by atoms with van der Waals surface area (Å²) in [7, 11) is 0. The maximum atomic E-state index is 5.95. The predicted molar refractivity (Wildman–Crippen MR) is 87.8 cm³/mol. The molecular formula is C14H18ClN5O. The van der Waals surface area contributed by atoms with Crippen molar-refractivity contribution in [2.45, 2.75) is 19.5 Å². The number of halogens is 1. The molecular weight excluding hydrogens is 290 g/mol. The van der Waals surface area contributed by atoms with Crippen LogP contribution in [-0.4, -0.2) is 24.2 Å². The van der Waals surface area contributed by atoms with Crippen molar-refractivity contribution in [2.75, 3.05) is 11.5 Å². The van der Waals surface area contributed by atoms with Gasteiger partial charge in [0.2, 0.25) is 11.9 Å². The molecule has 0 aromatic heterocycles. The SMILES string of the molecule is C#CCOc1ccc(N2C(N)=NC(N)=NC2(C)C)cc1.Cl. The van der Waals surface area contributed by atoms with E-state index in [1.165, 1.54) is 0 Å². The van der Waals surface area contributed by atoms with Crippen LogP contribution in [0.25, 0.3) is 0 Å². The van der Waals surface area contributed by atoms with Crippen LogP contribution in [0.1, 0.15) is 13.8 Å². The highest BCUT2D eigenvalue weighted by Crippen LogP contribution is 2.28. The molecule has 0 spiro atoms. The number of ether oxygens (including phenoxy) is 1. The standard InChI is InChI=1S/C14H17N5O.ClH/c1-4-9-20-11-7-5-10(6-8-11)19-13(16)17-12(15)18-14(19,2)3;/h1,5-8H,9H2,2-3H3,(H4,15,16,17,18);1H. The summed E-state index contributed by atoms with van der Waals surface area (Å²) in [4.78, 5) is 10.1. The van der Waals surface area contributed by atoms with Crippen LogP contribution in [0, 0.1) is 12.3 Å². The number of nitrogens with two attached hydrogens (primary N) is 2. The Morgan fingerprint density at radius 1 is 1.29 bits per heavy atom. The Hall–Kier alpha value is -2.39. The van der Waals surface area contributed by atoms with Gasteiger partial charge in [0.25, 0.3) is 0 Å². The zero-order valence-electron chi connectivity index (χ0n) is 11.9. The second-order valence-electron chi connectivity index (χ2n) is 4.76.